The van der Waals surface area contributed by atoms with Gasteiger partial charge in [-0.25, -0.2) is 4.98 Å². The monoisotopic (exact) mass is 236 g/mol. The maximum Gasteiger partial charge on any atom is 0.129 e. The highest BCUT2D eigenvalue weighted by Crippen LogP contribution is 2.12. The molecule has 0 unspecified atom stereocenters. The van der Waals surface area contributed by atoms with Crippen LogP contribution in [0.3, 0.4) is 0 Å². The number of aryl methyl sites for hydroxylation is 1. The third-order valence-corrected chi connectivity index (χ3v) is 2.77. The van der Waals surface area contributed by atoms with E-state index in [0.717, 1.165) is 17.9 Å². The van der Waals surface area contributed by atoms with Gasteiger partial charge in [-0.3, -0.25) is 4.68 Å². The van der Waals surface area contributed by atoms with Gasteiger partial charge in [-0.05, 0) is 19.1 Å². The molecule has 0 aliphatic carbocycles. The van der Waals surface area contributed by atoms with E-state index in [1.165, 1.54) is 5.56 Å². The molecular formula is C11H13ClN4. The van der Waals surface area contributed by atoms with Crippen molar-refractivity contribution in [1.29, 1.82) is 0 Å². The second kappa shape index (κ2) is 4.53. The molecule has 0 saturated heterocycles. The molecule has 0 aliphatic heterocycles. The number of nitrogens with zero attached hydrogens (tertiary/aromatic N) is 3. The molecule has 0 radical (unpaired) electrons. The van der Waals surface area contributed by atoms with Crippen LogP contribution >= 0.6 is 11.6 Å². The first-order chi connectivity index (χ1) is 7.66. The van der Waals surface area contributed by atoms with Crippen LogP contribution in [0.5, 0.6) is 0 Å². The Bertz CT molecular complexity index is 475. The summed E-state index contributed by atoms with van der Waals surface area (Å²) in [7, 11) is 1.93. The fraction of sp³-hybridized carbons (Fsp3) is 0.273. The maximum atomic E-state index is 5.71. The Balaban J connectivity index is 2.02. The highest BCUT2D eigenvalue weighted by Gasteiger charge is 2.02. The van der Waals surface area contributed by atoms with Gasteiger partial charge in [-0.15, -0.1) is 0 Å². The van der Waals surface area contributed by atoms with Gasteiger partial charge in [0.2, 0.25) is 0 Å². The summed E-state index contributed by atoms with van der Waals surface area (Å²) in [5.74, 6) is 0. The van der Waals surface area contributed by atoms with Crippen LogP contribution in [0.4, 0.5) is 5.69 Å². The highest BCUT2D eigenvalue weighted by atomic mass is 35.5. The average Bonchev–Trinajstić information content (AvgIpc) is 2.60. The Morgan fingerprint density at radius 3 is 2.75 bits per heavy atom. The SMILES string of the molecule is Cc1c(CNc2ccc(Cl)nc2)cnn1C. The van der Waals surface area contributed by atoms with Crippen LogP contribution in [-0.2, 0) is 13.6 Å². The molecule has 0 saturated carbocycles. The summed E-state index contributed by atoms with van der Waals surface area (Å²) in [5, 5.41) is 7.95. The molecular weight excluding hydrogens is 224 g/mol. The molecule has 0 atom stereocenters. The lowest BCUT2D eigenvalue weighted by Crippen LogP contribution is -2.01. The van der Waals surface area contributed by atoms with Crippen LogP contribution in [0.2, 0.25) is 5.15 Å². The smallest absolute Gasteiger partial charge is 0.129 e. The molecule has 0 aromatic carbocycles. The zero-order valence-corrected chi connectivity index (χ0v) is 9.99. The van der Waals surface area contributed by atoms with Crippen molar-refractivity contribution in [2.45, 2.75) is 13.5 Å². The van der Waals surface area contributed by atoms with Gasteiger partial charge in [-0.1, -0.05) is 11.6 Å². The van der Waals surface area contributed by atoms with E-state index in [0.29, 0.717) is 5.15 Å². The number of nitrogens with one attached hydrogen (secondary N) is 1. The molecule has 2 aromatic rings. The minimum absolute atomic E-state index is 0.503. The van der Waals surface area contributed by atoms with Gasteiger partial charge in [0.1, 0.15) is 5.15 Å². The number of hydrogen-bond acceptors (Lipinski definition) is 3. The summed E-state index contributed by atoms with van der Waals surface area (Å²) < 4.78 is 1.86. The lowest BCUT2D eigenvalue weighted by Gasteiger charge is -2.05. The summed E-state index contributed by atoms with van der Waals surface area (Å²) in [5.41, 5.74) is 3.29. The fourth-order valence-electron chi connectivity index (χ4n) is 1.40. The second-order valence-electron chi connectivity index (χ2n) is 3.60. The van der Waals surface area contributed by atoms with Crippen molar-refractivity contribution in [3.63, 3.8) is 0 Å². The van der Waals surface area contributed by atoms with Crippen molar-refractivity contribution < 1.29 is 0 Å². The summed E-state index contributed by atoms with van der Waals surface area (Å²) in [6, 6.07) is 3.67. The maximum absolute atomic E-state index is 5.71. The Hall–Kier alpha value is -1.55. The number of aromatic nitrogens is 3. The first-order valence-corrected chi connectivity index (χ1v) is 5.37. The molecule has 0 aliphatic rings. The van der Waals surface area contributed by atoms with Gasteiger partial charge in [0.05, 0.1) is 18.1 Å². The largest absolute Gasteiger partial charge is 0.380 e. The minimum Gasteiger partial charge on any atom is -0.380 e. The Kier molecular flexibility index (Phi) is 3.10. The molecule has 0 spiro atoms. The van der Waals surface area contributed by atoms with E-state index in [4.69, 9.17) is 11.6 Å². The predicted molar refractivity (Wildman–Crippen MR) is 64.5 cm³/mol. The van der Waals surface area contributed by atoms with Crippen LogP contribution in [0.15, 0.2) is 24.5 Å². The van der Waals surface area contributed by atoms with Crippen molar-refractivity contribution in [1.82, 2.24) is 14.8 Å². The lowest BCUT2D eigenvalue weighted by molar-refractivity contribution is 0.738. The molecule has 2 aromatic heterocycles. The molecule has 5 heteroatoms. The second-order valence-corrected chi connectivity index (χ2v) is 3.99. The number of anilines is 1. The highest BCUT2D eigenvalue weighted by molar-refractivity contribution is 6.29. The van der Waals surface area contributed by atoms with Gasteiger partial charge in [-0.2, -0.15) is 5.10 Å². The zero-order chi connectivity index (χ0) is 11.5. The fourth-order valence-corrected chi connectivity index (χ4v) is 1.51. The van der Waals surface area contributed by atoms with E-state index >= 15 is 0 Å². The molecule has 4 nitrogen and oxygen atoms in total. The Labute approximate surface area is 99.3 Å². The van der Waals surface area contributed by atoms with Crippen molar-refractivity contribution in [3.05, 3.63) is 40.9 Å². The van der Waals surface area contributed by atoms with Gasteiger partial charge in [0.25, 0.3) is 0 Å². The first kappa shape index (κ1) is 11.0. The molecule has 2 rings (SSSR count). The average molecular weight is 237 g/mol. The first-order valence-electron chi connectivity index (χ1n) is 4.99. The molecule has 0 amide bonds. The van der Waals surface area contributed by atoms with Crippen LogP contribution in [-0.4, -0.2) is 14.8 Å². The summed E-state index contributed by atoms with van der Waals surface area (Å²) >= 11 is 5.71. The number of halogens is 1. The summed E-state index contributed by atoms with van der Waals surface area (Å²) in [6.07, 6.45) is 3.58. The lowest BCUT2D eigenvalue weighted by atomic mass is 10.2. The van der Waals surface area contributed by atoms with Crippen molar-refractivity contribution in [2.75, 3.05) is 5.32 Å². The normalized spacial score (nSPS) is 10.4. The molecule has 2 heterocycles. The zero-order valence-electron chi connectivity index (χ0n) is 9.24. The van der Waals surface area contributed by atoms with Crippen LogP contribution < -0.4 is 5.32 Å². The van der Waals surface area contributed by atoms with Crippen molar-refractivity contribution >= 4 is 17.3 Å². The van der Waals surface area contributed by atoms with Crippen LogP contribution in [0.25, 0.3) is 0 Å². The number of pyridine rings is 1. The molecule has 16 heavy (non-hydrogen) atoms. The van der Waals surface area contributed by atoms with E-state index in [1.54, 1.807) is 12.3 Å². The summed E-state index contributed by atoms with van der Waals surface area (Å²) in [4.78, 5) is 4.00. The molecule has 0 bridgehead atoms. The third-order valence-electron chi connectivity index (χ3n) is 2.55. The van der Waals surface area contributed by atoms with Gasteiger partial charge in [0.15, 0.2) is 0 Å². The third kappa shape index (κ3) is 2.33. The number of rotatable bonds is 3. The van der Waals surface area contributed by atoms with E-state index in [2.05, 4.69) is 15.4 Å². The quantitative estimate of drug-likeness (QED) is 0.833. The van der Waals surface area contributed by atoms with Gasteiger partial charge in [0, 0.05) is 24.8 Å². The van der Waals surface area contributed by atoms with Crippen molar-refractivity contribution in [2.24, 2.45) is 7.05 Å². The van der Waals surface area contributed by atoms with E-state index < -0.39 is 0 Å². The van der Waals surface area contributed by atoms with Crippen molar-refractivity contribution in [3.8, 4) is 0 Å². The standard InChI is InChI=1S/C11H13ClN4/c1-8-9(6-15-16(8)2)5-13-10-3-4-11(12)14-7-10/h3-4,6-7,13H,5H2,1-2H3. The molecule has 84 valence electrons. The van der Waals surface area contributed by atoms with Gasteiger partial charge >= 0.3 is 0 Å². The van der Waals surface area contributed by atoms with E-state index in [-0.39, 0.29) is 0 Å². The Morgan fingerprint density at radius 1 is 1.38 bits per heavy atom. The molecule has 0 fully saturated rings. The summed E-state index contributed by atoms with van der Waals surface area (Å²) in [6.45, 7) is 2.78. The predicted octanol–water partition coefficient (Wildman–Crippen LogP) is 2.39. The Morgan fingerprint density at radius 2 is 2.19 bits per heavy atom. The number of hydrogen-bond donors (Lipinski definition) is 1. The topological polar surface area (TPSA) is 42.7 Å². The van der Waals surface area contributed by atoms with E-state index in [1.807, 2.05) is 30.9 Å². The van der Waals surface area contributed by atoms with E-state index in [9.17, 15) is 0 Å². The van der Waals surface area contributed by atoms with Crippen LogP contribution in [0, 0.1) is 6.92 Å². The van der Waals surface area contributed by atoms with Gasteiger partial charge < -0.3 is 5.32 Å². The minimum atomic E-state index is 0.503. The van der Waals surface area contributed by atoms with Crippen LogP contribution in [0.1, 0.15) is 11.3 Å². The molecule has 1 N–H and O–H groups in total.